The molecule has 8 heteroatoms. The largest absolute Gasteiger partial charge is 0.478 e. The summed E-state index contributed by atoms with van der Waals surface area (Å²) in [5, 5.41) is 19.9. The summed E-state index contributed by atoms with van der Waals surface area (Å²) in [5.41, 5.74) is 0.114. The van der Waals surface area contributed by atoms with Gasteiger partial charge in [-0.25, -0.2) is 9.78 Å². The Morgan fingerprint density at radius 1 is 1.48 bits per heavy atom. The number of carboxylic acid groups (broad SMARTS) is 1. The van der Waals surface area contributed by atoms with Crippen LogP contribution in [0.3, 0.4) is 0 Å². The molecule has 1 aromatic carbocycles. The van der Waals surface area contributed by atoms with Crippen molar-refractivity contribution in [3.63, 3.8) is 0 Å². The smallest absolute Gasteiger partial charge is 0.337 e. The fourth-order valence-electron chi connectivity index (χ4n) is 1.62. The SMILES string of the molecule is Cc1cc(C(=O)O)cnc1Oc1c(Cl)cccc1[N+](=O)[O-]. The lowest BCUT2D eigenvalue weighted by atomic mass is 10.2. The molecule has 0 fully saturated rings. The number of aromatic nitrogens is 1. The second kappa shape index (κ2) is 5.76. The summed E-state index contributed by atoms with van der Waals surface area (Å²) in [6.07, 6.45) is 1.10. The molecule has 1 aromatic heterocycles. The summed E-state index contributed by atoms with van der Waals surface area (Å²) in [6.45, 7) is 1.58. The van der Waals surface area contributed by atoms with E-state index < -0.39 is 10.9 Å². The third kappa shape index (κ3) is 3.09. The Labute approximate surface area is 123 Å². The maximum atomic E-state index is 11.0. The molecule has 2 rings (SSSR count). The zero-order valence-corrected chi connectivity index (χ0v) is 11.5. The Hall–Kier alpha value is -2.67. The number of carbonyl (C=O) groups is 1. The van der Waals surface area contributed by atoms with Gasteiger partial charge >= 0.3 is 11.7 Å². The van der Waals surface area contributed by atoms with Crippen LogP contribution in [0.1, 0.15) is 15.9 Å². The Kier molecular flexibility index (Phi) is 4.04. The van der Waals surface area contributed by atoms with E-state index in [1.54, 1.807) is 6.92 Å². The Balaban J connectivity index is 2.44. The average molecular weight is 309 g/mol. The lowest BCUT2D eigenvalue weighted by Gasteiger charge is -2.09. The van der Waals surface area contributed by atoms with Crippen LogP contribution in [0, 0.1) is 17.0 Å². The van der Waals surface area contributed by atoms with Gasteiger partial charge in [-0.2, -0.15) is 0 Å². The highest BCUT2D eigenvalue weighted by Crippen LogP contribution is 2.37. The molecule has 0 saturated heterocycles. The van der Waals surface area contributed by atoms with Crippen LogP contribution in [-0.2, 0) is 0 Å². The minimum atomic E-state index is -1.12. The van der Waals surface area contributed by atoms with Gasteiger partial charge < -0.3 is 9.84 Å². The quantitative estimate of drug-likeness (QED) is 0.685. The molecule has 0 atom stereocenters. The van der Waals surface area contributed by atoms with Gasteiger partial charge in [0.15, 0.2) is 0 Å². The number of rotatable bonds is 4. The predicted octanol–water partition coefficient (Wildman–Crippen LogP) is 3.44. The van der Waals surface area contributed by atoms with Gasteiger partial charge in [-0.1, -0.05) is 17.7 Å². The van der Waals surface area contributed by atoms with Gasteiger partial charge in [-0.05, 0) is 19.1 Å². The van der Waals surface area contributed by atoms with Crippen LogP contribution in [0.25, 0.3) is 0 Å². The zero-order valence-electron chi connectivity index (χ0n) is 10.7. The first kappa shape index (κ1) is 14.7. The molecule has 7 nitrogen and oxygen atoms in total. The zero-order chi connectivity index (χ0) is 15.6. The molecule has 108 valence electrons. The summed E-state index contributed by atoms with van der Waals surface area (Å²) in [6, 6.07) is 5.49. The fraction of sp³-hybridized carbons (Fsp3) is 0.0769. The summed E-state index contributed by atoms with van der Waals surface area (Å²) >= 11 is 5.91. The van der Waals surface area contributed by atoms with Crippen molar-refractivity contribution in [1.82, 2.24) is 4.98 Å². The number of benzene rings is 1. The second-order valence-corrected chi connectivity index (χ2v) is 4.51. The van der Waals surface area contributed by atoms with Gasteiger partial charge in [0.25, 0.3) is 0 Å². The van der Waals surface area contributed by atoms with Crippen LogP contribution >= 0.6 is 11.6 Å². The molecule has 0 spiro atoms. The number of halogens is 1. The van der Waals surface area contributed by atoms with Crippen LogP contribution in [0.5, 0.6) is 11.6 Å². The molecule has 0 aliphatic rings. The van der Waals surface area contributed by atoms with Crippen molar-refractivity contribution < 1.29 is 19.6 Å². The number of aryl methyl sites for hydroxylation is 1. The van der Waals surface area contributed by atoms with Gasteiger partial charge in [0, 0.05) is 17.8 Å². The lowest BCUT2D eigenvalue weighted by molar-refractivity contribution is -0.385. The first-order chi connectivity index (χ1) is 9.90. The van der Waals surface area contributed by atoms with Crippen molar-refractivity contribution in [3.05, 3.63) is 56.7 Å². The second-order valence-electron chi connectivity index (χ2n) is 4.10. The van der Waals surface area contributed by atoms with E-state index in [0.717, 1.165) is 6.20 Å². The van der Waals surface area contributed by atoms with Crippen LogP contribution < -0.4 is 4.74 Å². The number of aromatic carboxylic acids is 1. The number of ether oxygens (including phenoxy) is 1. The van der Waals surface area contributed by atoms with Gasteiger partial charge in [-0.15, -0.1) is 0 Å². The van der Waals surface area contributed by atoms with Gasteiger partial charge in [-0.3, -0.25) is 10.1 Å². The van der Waals surface area contributed by atoms with E-state index in [2.05, 4.69) is 4.98 Å². The van der Waals surface area contributed by atoms with Crippen LogP contribution in [-0.4, -0.2) is 21.0 Å². The first-order valence-corrected chi connectivity index (χ1v) is 6.08. The summed E-state index contributed by atoms with van der Waals surface area (Å²) < 4.78 is 5.39. The molecule has 0 unspecified atom stereocenters. The van der Waals surface area contributed by atoms with Crippen molar-refractivity contribution in [2.75, 3.05) is 0 Å². The minimum Gasteiger partial charge on any atom is -0.478 e. The molecule has 2 aromatic rings. The van der Waals surface area contributed by atoms with E-state index >= 15 is 0 Å². The van der Waals surface area contributed by atoms with E-state index in [0.29, 0.717) is 5.56 Å². The highest BCUT2D eigenvalue weighted by Gasteiger charge is 2.20. The molecule has 0 radical (unpaired) electrons. The summed E-state index contributed by atoms with van der Waals surface area (Å²) in [7, 11) is 0. The van der Waals surface area contributed by atoms with Gasteiger partial charge in [0.2, 0.25) is 11.6 Å². The molecular weight excluding hydrogens is 300 g/mol. The average Bonchev–Trinajstić information content (AvgIpc) is 2.42. The van der Waals surface area contributed by atoms with E-state index in [4.69, 9.17) is 21.4 Å². The molecule has 0 saturated carbocycles. The van der Waals surface area contributed by atoms with Crippen molar-refractivity contribution >= 4 is 23.3 Å². The Morgan fingerprint density at radius 3 is 2.76 bits per heavy atom. The standard InChI is InChI=1S/C13H9ClN2O5/c1-7-5-8(13(17)18)6-15-12(7)21-11-9(14)3-2-4-10(11)16(19)20/h2-6H,1H3,(H,17,18). The van der Waals surface area contributed by atoms with Gasteiger partial charge in [0.05, 0.1) is 15.5 Å². The molecular formula is C13H9ClN2O5. The van der Waals surface area contributed by atoms with Crippen molar-refractivity contribution in [2.24, 2.45) is 0 Å². The highest BCUT2D eigenvalue weighted by atomic mass is 35.5. The van der Waals surface area contributed by atoms with Crippen molar-refractivity contribution in [1.29, 1.82) is 0 Å². The molecule has 1 N–H and O–H groups in total. The molecule has 0 aliphatic heterocycles. The van der Waals surface area contributed by atoms with Crippen molar-refractivity contribution in [3.8, 4) is 11.6 Å². The molecule has 1 heterocycles. The van der Waals surface area contributed by atoms with Crippen LogP contribution in [0.4, 0.5) is 5.69 Å². The molecule has 21 heavy (non-hydrogen) atoms. The van der Waals surface area contributed by atoms with Gasteiger partial charge in [0.1, 0.15) is 0 Å². The van der Waals surface area contributed by atoms with Crippen molar-refractivity contribution in [2.45, 2.75) is 6.92 Å². The number of nitro benzene ring substituents is 1. The van der Waals surface area contributed by atoms with E-state index in [-0.39, 0.29) is 27.9 Å². The molecule has 0 aliphatic carbocycles. The minimum absolute atomic E-state index is 0.00601. The van der Waals surface area contributed by atoms with Crippen LogP contribution in [0.15, 0.2) is 30.5 Å². The lowest BCUT2D eigenvalue weighted by Crippen LogP contribution is -2.01. The third-order valence-corrected chi connectivity index (χ3v) is 2.92. The number of pyridine rings is 1. The topological polar surface area (TPSA) is 103 Å². The first-order valence-electron chi connectivity index (χ1n) is 5.71. The maximum absolute atomic E-state index is 11.0. The number of para-hydroxylation sites is 1. The number of nitro groups is 1. The summed E-state index contributed by atoms with van der Waals surface area (Å²) in [5.74, 6) is -1.21. The van der Waals surface area contributed by atoms with Crippen LogP contribution in [0.2, 0.25) is 5.02 Å². The molecule has 0 amide bonds. The normalized spacial score (nSPS) is 10.2. The highest BCUT2D eigenvalue weighted by molar-refractivity contribution is 6.32. The predicted molar refractivity (Wildman–Crippen MR) is 74.1 cm³/mol. The summed E-state index contributed by atoms with van der Waals surface area (Å²) in [4.78, 5) is 25.0. The number of hydrogen-bond acceptors (Lipinski definition) is 5. The maximum Gasteiger partial charge on any atom is 0.337 e. The Morgan fingerprint density at radius 2 is 2.19 bits per heavy atom. The number of hydrogen-bond donors (Lipinski definition) is 1. The third-order valence-electron chi connectivity index (χ3n) is 2.62. The van der Waals surface area contributed by atoms with E-state index in [1.807, 2.05) is 0 Å². The van der Waals surface area contributed by atoms with E-state index in [9.17, 15) is 14.9 Å². The number of nitrogens with zero attached hydrogens (tertiary/aromatic N) is 2. The monoisotopic (exact) mass is 308 g/mol. The Bertz CT molecular complexity index is 732. The number of carboxylic acids is 1. The fourth-order valence-corrected chi connectivity index (χ4v) is 1.83. The molecule has 0 bridgehead atoms. The van der Waals surface area contributed by atoms with E-state index in [1.165, 1.54) is 24.3 Å².